The Balaban J connectivity index is 1.57. The van der Waals surface area contributed by atoms with Crippen LogP contribution in [0.15, 0.2) is 79.0 Å². The molecule has 0 amide bonds. The Morgan fingerprint density at radius 1 is 0.897 bits per heavy atom. The summed E-state index contributed by atoms with van der Waals surface area (Å²) >= 11 is 0. The molecular formula is C24H20N4O. The van der Waals surface area contributed by atoms with E-state index in [-0.39, 0.29) is 0 Å². The number of aromatic nitrogens is 3. The largest absolute Gasteiger partial charge is 0.494 e. The molecular weight excluding hydrogens is 360 g/mol. The van der Waals surface area contributed by atoms with Gasteiger partial charge in [0.1, 0.15) is 16.9 Å². The summed E-state index contributed by atoms with van der Waals surface area (Å²) in [6.07, 6.45) is 2.68. The highest BCUT2D eigenvalue weighted by Gasteiger charge is 2.13. The van der Waals surface area contributed by atoms with Crippen LogP contribution in [-0.2, 0) is 6.42 Å². The first-order chi connectivity index (χ1) is 14.2. The highest BCUT2D eigenvalue weighted by Crippen LogP contribution is 2.28. The maximum Gasteiger partial charge on any atom is 0.206 e. The predicted molar refractivity (Wildman–Crippen MR) is 116 cm³/mol. The zero-order valence-corrected chi connectivity index (χ0v) is 16.0. The molecule has 0 saturated carbocycles. The summed E-state index contributed by atoms with van der Waals surface area (Å²) in [7, 11) is 1.63. The van der Waals surface area contributed by atoms with Crippen molar-refractivity contribution in [3.05, 3.63) is 90.3 Å². The molecule has 2 N–H and O–H groups in total. The number of anilines is 1. The van der Waals surface area contributed by atoms with Crippen LogP contribution in [-0.4, -0.2) is 21.5 Å². The molecule has 0 aliphatic carbocycles. The monoisotopic (exact) mass is 380 g/mol. The summed E-state index contributed by atoms with van der Waals surface area (Å²) in [6.45, 7) is 0. The molecule has 2 heterocycles. The van der Waals surface area contributed by atoms with Crippen LogP contribution in [0.5, 0.6) is 5.75 Å². The van der Waals surface area contributed by atoms with Crippen molar-refractivity contribution in [1.29, 1.82) is 0 Å². The molecule has 5 nitrogen and oxygen atoms in total. The van der Waals surface area contributed by atoms with Crippen LogP contribution in [0.4, 0.5) is 5.95 Å². The van der Waals surface area contributed by atoms with E-state index in [9.17, 15) is 0 Å². The number of nitrogen functional groups attached to an aromatic ring is 1. The summed E-state index contributed by atoms with van der Waals surface area (Å²) in [5.41, 5.74) is 12.3. The lowest BCUT2D eigenvalue weighted by Gasteiger charge is -2.07. The summed E-state index contributed by atoms with van der Waals surface area (Å²) in [5.74, 6) is 1.09. The molecule has 2 aromatic heterocycles. The van der Waals surface area contributed by atoms with Crippen LogP contribution in [0.1, 0.15) is 11.3 Å². The molecule has 0 radical (unpaired) electrons. The molecule has 5 heteroatoms. The third kappa shape index (κ3) is 3.06. The molecule has 29 heavy (non-hydrogen) atoms. The van der Waals surface area contributed by atoms with Crippen molar-refractivity contribution < 1.29 is 4.74 Å². The summed E-state index contributed by atoms with van der Waals surface area (Å²) < 4.78 is 7.28. The van der Waals surface area contributed by atoms with Gasteiger partial charge in [0.05, 0.1) is 12.8 Å². The Kier molecular flexibility index (Phi) is 4.13. The molecule has 5 aromatic rings. The number of hydrogen-bond acceptors (Lipinski definition) is 4. The Morgan fingerprint density at radius 2 is 1.69 bits per heavy atom. The fourth-order valence-electron chi connectivity index (χ4n) is 3.73. The van der Waals surface area contributed by atoms with E-state index in [0.717, 1.165) is 22.2 Å². The first-order valence-electron chi connectivity index (χ1n) is 9.47. The van der Waals surface area contributed by atoms with E-state index in [1.54, 1.807) is 7.11 Å². The number of rotatable bonds is 4. The second kappa shape index (κ2) is 6.95. The number of imidazole rings is 1. The van der Waals surface area contributed by atoms with E-state index < -0.39 is 0 Å². The molecule has 0 unspecified atom stereocenters. The van der Waals surface area contributed by atoms with E-state index in [1.165, 1.54) is 16.7 Å². The maximum absolute atomic E-state index is 6.21. The van der Waals surface area contributed by atoms with Gasteiger partial charge in [0.25, 0.3) is 0 Å². The maximum atomic E-state index is 6.21. The van der Waals surface area contributed by atoms with Crippen LogP contribution in [0, 0.1) is 0 Å². The second-order valence-corrected chi connectivity index (χ2v) is 7.00. The van der Waals surface area contributed by atoms with Crippen molar-refractivity contribution in [3.8, 4) is 16.9 Å². The SMILES string of the molecule is COc1cccc2c1nc(N)n1cc(Cc3cccc(-c4ccccc4)c3)nc21. The van der Waals surface area contributed by atoms with Crippen molar-refractivity contribution in [3.63, 3.8) is 0 Å². The third-order valence-electron chi connectivity index (χ3n) is 5.11. The zero-order valence-electron chi connectivity index (χ0n) is 16.0. The van der Waals surface area contributed by atoms with Crippen LogP contribution in [0.2, 0.25) is 0 Å². The molecule has 3 aromatic carbocycles. The van der Waals surface area contributed by atoms with Gasteiger partial charge in [0.2, 0.25) is 5.95 Å². The van der Waals surface area contributed by atoms with Crippen molar-refractivity contribution in [1.82, 2.24) is 14.4 Å². The van der Waals surface area contributed by atoms with E-state index in [1.807, 2.05) is 34.9 Å². The predicted octanol–water partition coefficient (Wildman–Crippen LogP) is 4.73. The van der Waals surface area contributed by atoms with Crippen LogP contribution in [0.25, 0.3) is 27.7 Å². The molecule has 0 fully saturated rings. The molecule has 142 valence electrons. The molecule has 5 rings (SSSR count). The van der Waals surface area contributed by atoms with Crippen LogP contribution < -0.4 is 10.5 Å². The van der Waals surface area contributed by atoms with E-state index in [2.05, 4.69) is 53.5 Å². The number of nitrogens with two attached hydrogens (primary N) is 1. The minimum Gasteiger partial charge on any atom is -0.494 e. The van der Waals surface area contributed by atoms with Crippen molar-refractivity contribution in [2.45, 2.75) is 6.42 Å². The highest BCUT2D eigenvalue weighted by molar-refractivity contribution is 5.96. The van der Waals surface area contributed by atoms with Gasteiger partial charge in [-0.05, 0) is 28.8 Å². The third-order valence-corrected chi connectivity index (χ3v) is 5.11. The van der Waals surface area contributed by atoms with Gasteiger partial charge in [0.15, 0.2) is 0 Å². The number of fused-ring (bicyclic) bond motifs is 3. The first kappa shape index (κ1) is 17.3. The number of nitrogens with zero attached hydrogens (tertiary/aromatic N) is 3. The molecule has 0 atom stereocenters. The lowest BCUT2D eigenvalue weighted by atomic mass is 10.0. The highest BCUT2D eigenvalue weighted by atomic mass is 16.5. The topological polar surface area (TPSA) is 65.4 Å². The van der Waals surface area contributed by atoms with E-state index in [4.69, 9.17) is 15.5 Å². The molecule has 0 bridgehead atoms. The van der Waals surface area contributed by atoms with Crippen molar-refractivity contribution >= 4 is 22.5 Å². The van der Waals surface area contributed by atoms with Gasteiger partial charge in [-0.1, -0.05) is 60.7 Å². The lowest BCUT2D eigenvalue weighted by Crippen LogP contribution is -2.01. The minimum atomic E-state index is 0.397. The Bertz CT molecular complexity index is 1330. The number of methoxy groups -OCH3 is 1. The van der Waals surface area contributed by atoms with Gasteiger partial charge in [-0.2, -0.15) is 0 Å². The molecule has 0 saturated heterocycles. The summed E-state index contributed by atoms with van der Waals surface area (Å²) in [4.78, 5) is 9.39. The standard InChI is InChI=1S/C24H20N4O/c1-29-21-12-6-11-20-22(21)27-24(25)28-15-19(26-23(20)28)14-16-7-5-10-18(13-16)17-8-3-2-4-9-17/h2-13,15H,14H2,1H3,(H2,25,27). The van der Waals surface area contributed by atoms with E-state index in [0.29, 0.717) is 18.1 Å². The lowest BCUT2D eigenvalue weighted by molar-refractivity contribution is 0.419. The van der Waals surface area contributed by atoms with E-state index >= 15 is 0 Å². The van der Waals surface area contributed by atoms with Gasteiger partial charge in [-0.25, -0.2) is 9.97 Å². The van der Waals surface area contributed by atoms with Crippen LogP contribution in [0.3, 0.4) is 0 Å². The van der Waals surface area contributed by atoms with Crippen molar-refractivity contribution in [2.24, 2.45) is 0 Å². The van der Waals surface area contributed by atoms with Crippen LogP contribution >= 0.6 is 0 Å². The normalized spacial score (nSPS) is 11.2. The average molecular weight is 380 g/mol. The van der Waals surface area contributed by atoms with Gasteiger partial charge in [-0.15, -0.1) is 0 Å². The first-order valence-corrected chi connectivity index (χ1v) is 9.47. The summed E-state index contributed by atoms with van der Waals surface area (Å²) in [5, 5.41) is 0.919. The molecule has 0 aliphatic rings. The Labute approximate surface area is 168 Å². The van der Waals surface area contributed by atoms with Gasteiger partial charge < -0.3 is 10.5 Å². The average Bonchev–Trinajstić information content (AvgIpc) is 3.19. The Hall–Kier alpha value is -3.86. The van der Waals surface area contributed by atoms with Gasteiger partial charge >= 0.3 is 0 Å². The fourth-order valence-corrected chi connectivity index (χ4v) is 3.73. The number of ether oxygens (including phenoxy) is 1. The minimum absolute atomic E-state index is 0.397. The quantitative estimate of drug-likeness (QED) is 0.489. The molecule has 0 spiro atoms. The smallest absolute Gasteiger partial charge is 0.206 e. The van der Waals surface area contributed by atoms with Gasteiger partial charge in [0, 0.05) is 18.0 Å². The zero-order chi connectivity index (χ0) is 19.8. The van der Waals surface area contributed by atoms with Crippen molar-refractivity contribution in [2.75, 3.05) is 12.8 Å². The number of para-hydroxylation sites is 1. The Morgan fingerprint density at radius 3 is 2.52 bits per heavy atom. The fraction of sp³-hybridized carbons (Fsp3) is 0.0833. The summed E-state index contributed by atoms with van der Waals surface area (Å²) in [6, 6.07) is 24.7. The van der Waals surface area contributed by atoms with Gasteiger partial charge in [-0.3, -0.25) is 4.40 Å². The number of hydrogen-bond donors (Lipinski definition) is 1. The number of benzene rings is 3. The molecule has 0 aliphatic heterocycles. The second-order valence-electron chi connectivity index (χ2n) is 7.00.